The zero-order valence-electron chi connectivity index (χ0n) is 20.2. The SMILES string of the molecule is COc1ccc(C2Nc3ccc(S(=O)(=O)N(C)C4CCCCC4)cc3C3C=CCC32)cc1OC. The molecule has 7 heteroatoms. The van der Waals surface area contributed by atoms with Crippen LogP contribution < -0.4 is 14.8 Å². The monoisotopic (exact) mass is 482 g/mol. The number of methoxy groups -OCH3 is 2. The molecule has 1 saturated carbocycles. The molecule has 3 unspecified atom stereocenters. The summed E-state index contributed by atoms with van der Waals surface area (Å²) < 4.78 is 39.5. The van der Waals surface area contributed by atoms with Gasteiger partial charge in [0, 0.05) is 24.7 Å². The third-order valence-electron chi connectivity index (χ3n) is 7.87. The first-order valence-corrected chi connectivity index (χ1v) is 13.6. The first kappa shape index (κ1) is 23.2. The molecule has 3 aliphatic rings. The van der Waals surface area contributed by atoms with Gasteiger partial charge in [-0.05, 0) is 66.6 Å². The number of benzene rings is 2. The van der Waals surface area contributed by atoms with E-state index in [1.807, 2.05) is 24.3 Å². The predicted molar refractivity (Wildman–Crippen MR) is 134 cm³/mol. The highest BCUT2D eigenvalue weighted by atomic mass is 32.2. The van der Waals surface area contributed by atoms with Gasteiger partial charge in [0.2, 0.25) is 10.0 Å². The molecule has 0 spiro atoms. The number of rotatable bonds is 6. The van der Waals surface area contributed by atoms with Crippen LogP contribution in [0.25, 0.3) is 0 Å². The second-order valence-corrected chi connectivity index (χ2v) is 11.6. The Bertz CT molecular complexity index is 1190. The molecule has 2 aromatic rings. The molecule has 34 heavy (non-hydrogen) atoms. The normalized spacial score (nSPS) is 24.4. The molecule has 1 N–H and O–H groups in total. The van der Waals surface area contributed by atoms with Crippen molar-refractivity contribution in [2.24, 2.45) is 5.92 Å². The van der Waals surface area contributed by atoms with Crippen molar-refractivity contribution in [1.82, 2.24) is 4.31 Å². The lowest BCUT2D eigenvalue weighted by atomic mass is 9.77. The van der Waals surface area contributed by atoms with Gasteiger partial charge in [-0.25, -0.2) is 8.42 Å². The Balaban J connectivity index is 1.47. The van der Waals surface area contributed by atoms with Gasteiger partial charge in [0.1, 0.15) is 0 Å². The highest BCUT2D eigenvalue weighted by molar-refractivity contribution is 7.89. The van der Waals surface area contributed by atoms with Crippen LogP contribution in [-0.2, 0) is 10.0 Å². The maximum absolute atomic E-state index is 13.5. The third-order valence-corrected chi connectivity index (χ3v) is 9.77. The number of sulfonamides is 1. The first-order valence-electron chi connectivity index (χ1n) is 12.2. The quantitative estimate of drug-likeness (QED) is 0.552. The molecule has 0 aromatic heterocycles. The van der Waals surface area contributed by atoms with Gasteiger partial charge >= 0.3 is 0 Å². The number of nitrogens with zero attached hydrogens (tertiary/aromatic N) is 1. The van der Waals surface area contributed by atoms with E-state index in [2.05, 4.69) is 23.5 Å². The van der Waals surface area contributed by atoms with E-state index in [9.17, 15) is 8.42 Å². The molecule has 0 amide bonds. The lowest BCUT2D eigenvalue weighted by Crippen LogP contribution is -2.38. The average molecular weight is 483 g/mol. The molecule has 2 aromatic carbocycles. The Morgan fingerprint density at radius 3 is 2.47 bits per heavy atom. The molecule has 182 valence electrons. The second-order valence-electron chi connectivity index (χ2n) is 9.65. The van der Waals surface area contributed by atoms with Gasteiger partial charge in [-0.3, -0.25) is 0 Å². The maximum atomic E-state index is 13.5. The van der Waals surface area contributed by atoms with Gasteiger partial charge in [0.05, 0.1) is 25.2 Å². The van der Waals surface area contributed by atoms with E-state index in [1.165, 1.54) is 6.42 Å². The van der Waals surface area contributed by atoms with Crippen molar-refractivity contribution in [1.29, 1.82) is 0 Å². The minimum Gasteiger partial charge on any atom is -0.493 e. The molecule has 1 heterocycles. The van der Waals surface area contributed by atoms with E-state index in [0.717, 1.165) is 48.9 Å². The van der Waals surface area contributed by atoms with Crippen LogP contribution in [0.1, 0.15) is 61.6 Å². The Labute approximate surface area is 203 Å². The summed E-state index contributed by atoms with van der Waals surface area (Å²) in [5.41, 5.74) is 3.19. The molecule has 0 radical (unpaired) electrons. The van der Waals surface area contributed by atoms with Gasteiger partial charge < -0.3 is 14.8 Å². The summed E-state index contributed by atoms with van der Waals surface area (Å²) in [6, 6.07) is 11.8. The van der Waals surface area contributed by atoms with Gasteiger partial charge in [-0.1, -0.05) is 37.5 Å². The molecule has 5 rings (SSSR count). The number of ether oxygens (including phenoxy) is 2. The molecular formula is C27H34N2O4S. The van der Waals surface area contributed by atoms with E-state index in [0.29, 0.717) is 22.3 Å². The molecule has 0 bridgehead atoms. The highest BCUT2D eigenvalue weighted by Gasteiger charge is 2.39. The molecule has 6 nitrogen and oxygen atoms in total. The average Bonchev–Trinajstić information content (AvgIpc) is 3.38. The fourth-order valence-corrected chi connectivity index (χ4v) is 7.37. The summed E-state index contributed by atoms with van der Waals surface area (Å²) in [4.78, 5) is 0.393. The van der Waals surface area contributed by atoms with Crippen LogP contribution in [0.15, 0.2) is 53.4 Å². The molecule has 1 fully saturated rings. The first-order chi connectivity index (χ1) is 16.4. The molecule has 0 saturated heterocycles. The zero-order valence-corrected chi connectivity index (χ0v) is 21.0. The van der Waals surface area contributed by atoms with Crippen LogP contribution in [0.2, 0.25) is 0 Å². The highest BCUT2D eigenvalue weighted by Crippen LogP contribution is 2.51. The summed E-state index contributed by atoms with van der Waals surface area (Å²) in [6.07, 6.45) is 10.7. The van der Waals surface area contributed by atoms with E-state index < -0.39 is 10.0 Å². The number of fused-ring (bicyclic) bond motifs is 3. The Morgan fingerprint density at radius 2 is 1.74 bits per heavy atom. The summed E-state index contributed by atoms with van der Waals surface area (Å²) in [7, 11) is 1.50. The maximum Gasteiger partial charge on any atom is 0.243 e. The van der Waals surface area contributed by atoms with Crippen molar-refractivity contribution >= 4 is 15.7 Å². The van der Waals surface area contributed by atoms with E-state index in [1.54, 1.807) is 31.6 Å². The van der Waals surface area contributed by atoms with E-state index >= 15 is 0 Å². The van der Waals surface area contributed by atoms with Crippen LogP contribution in [0.4, 0.5) is 5.69 Å². The number of nitrogens with one attached hydrogen (secondary N) is 1. The van der Waals surface area contributed by atoms with E-state index in [-0.39, 0.29) is 18.0 Å². The Kier molecular flexibility index (Phi) is 6.34. The fraction of sp³-hybridized carbons (Fsp3) is 0.481. The Hall–Kier alpha value is -2.51. The fourth-order valence-electron chi connectivity index (χ4n) is 5.92. The smallest absolute Gasteiger partial charge is 0.243 e. The predicted octanol–water partition coefficient (Wildman–Crippen LogP) is 5.48. The number of allylic oxidation sites excluding steroid dienone is 2. The minimum absolute atomic E-state index is 0.0969. The van der Waals surface area contributed by atoms with Gasteiger partial charge in [-0.15, -0.1) is 0 Å². The lowest BCUT2D eigenvalue weighted by Gasteiger charge is -2.38. The van der Waals surface area contributed by atoms with Crippen LogP contribution >= 0.6 is 0 Å². The zero-order chi connectivity index (χ0) is 23.9. The molecular weight excluding hydrogens is 448 g/mol. The van der Waals surface area contributed by atoms with Crippen molar-refractivity contribution in [2.45, 2.75) is 61.4 Å². The largest absolute Gasteiger partial charge is 0.493 e. The van der Waals surface area contributed by atoms with Crippen molar-refractivity contribution in [3.8, 4) is 11.5 Å². The minimum atomic E-state index is -3.53. The lowest BCUT2D eigenvalue weighted by molar-refractivity contribution is 0.286. The van der Waals surface area contributed by atoms with Crippen molar-refractivity contribution < 1.29 is 17.9 Å². The Morgan fingerprint density at radius 1 is 0.971 bits per heavy atom. The van der Waals surface area contributed by atoms with Gasteiger partial charge in [0.25, 0.3) is 0 Å². The third kappa shape index (κ3) is 3.99. The summed E-state index contributed by atoms with van der Waals surface area (Å²) in [5, 5.41) is 3.70. The number of anilines is 1. The van der Waals surface area contributed by atoms with Crippen LogP contribution in [0.5, 0.6) is 11.5 Å². The number of hydrogen-bond donors (Lipinski definition) is 1. The molecule has 3 atom stereocenters. The van der Waals surface area contributed by atoms with Gasteiger partial charge in [-0.2, -0.15) is 4.31 Å². The molecule has 2 aliphatic carbocycles. The topological polar surface area (TPSA) is 67.9 Å². The van der Waals surface area contributed by atoms with Crippen LogP contribution in [0.3, 0.4) is 0 Å². The van der Waals surface area contributed by atoms with Crippen LogP contribution in [-0.4, -0.2) is 40.0 Å². The summed E-state index contributed by atoms with van der Waals surface area (Å²) in [6.45, 7) is 0. The summed E-state index contributed by atoms with van der Waals surface area (Å²) in [5.74, 6) is 1.90. The second kappa shape index (κ2) is 9.27. The summed E-state index contributed by atoms with van der Waals surface area (Å²) >= 11 is 0. The van der Waals surface area contributed by atoms with Crippen molar-refractivity contribution in [2.75, 3.05) is 26.6 Å². The van der Waals surface area contributed by atoms with Crippen LogP contribution in [0, 0.1) is 5.92 Å². The van der Waals surface area contributed by atoms with Crippen molar-refractivity contribution in [3.05, 3.63) is 59.7 Å². The van der Waals surface area contributed by atoms with E-state index in [4.69, 9.17) is 9.47 Å². The van der Waals surface area contributed by atoms with Crippen molar-refractivity contribution in [3.63, 3.8) is 0 Å². The number of hydrogen-bond acceptors (Lipinski definition) is 5. The molecule has 1 aliphatic heterocycles. The van der Waals surface area contributed by atoms with Gasteiger partial charge in [0.15, 0.2) is 11.5 Å². The standard InChI is InChI=1S/C27H34N2O4S/c1-29(19-8-5-4-6-9-19)34(30,31)20-13-14-24-23(17-20)21-10-7-11-22(21)27(28-24)18-12-15-25(32-2)26(16-18)33-3/h7,10,12-17,19,21-22,27-28H,4-6,8-9,11H2,1-3H3.